The van der Waals surface area contributed by atoms with Crippen molar-refractivity contribution in [1.29, 1.82) is 0 Å². The van der Waals surface area contributed by atoms with Gasteiger partial charge in [-0.3, -0.25) is 4.57 Å². The smallest absolute Gasteiger partial charge is 0.422 e. The Bertz CT molecular complexity index is 1210. The number of hydrogen-bond acceptors (Lipinski definition) is 4. The predicted octanol–water partition coefficient (Wildman–Crippen LogP) is 3.97. The maximum absolute atomic E-state index is 12.0. The van der Waals surface area contributed by atoms with Crippen LogP contribution in [0.2, 0.25) is 0 Å². The van der Waals surface area contributed by atoms with Crippen LogP contribution in [0.4, 0.5) is 0 Å². The molecule has 136 valence electrons. The number of rotatable bonds is 6. The lowest BCUT2D eigenvalue weighted by molar-refractivity contribution is 0.301. The Balaban J connectivity index is 1.38. The maximum Gasteiger partial charge on any atom is 0.422 e. The van der Waals surface area contributed by atoms with Crippen molar-refractivity contribution in [1.82, 2.24) is 4.57 Å². The fourth-order valence-electron chi connectivity index (χ4n) is 3.20. The number of hydrogen-bond donors (Lipinski definition) is 0. The standard InChI is InChI=1S/C22H19NO4/c24-21-19-9-3-4-10-20(19)23(22(25)27-21)13-5-6-14-26-18-12-11-16-7-1-2-8-17(16)15-18/h1-4,7-12,15H,5-6,13-14H2. The van der Waals surface area contributed by atoms with Gasteiger partial charge in [0.1, 0.15) is 5.75 Å². The van der Waals surface area contributed by atoms with E-state index in [2.05, 4.69) is 12.1 Å². The van der Waals surface area contributed by atoms with Crippen molar-refractivity contribution in [3.63, 3.8) is 0 Å². The number of ether oxygens (including phenoxy) is 1. The average molecular weight is 361 g/mol. The molecule has 27 heavy (non-hydrogen) atoms. The molecule has 0 radical (unpaired) electrons. The first kappa shape index (κ1) is 17.1. The van der Waals surface area contributed by atoms with Crippen molar-refractivity contribution < 1.29 is 9.15 Å². The summed E-state index contributed by atoms with van der Waals surface area (Å²) >= 11 is 0. The Morgan fingerprint density at radius 2 is 1.63 bits per heavy atom. The Labute approximate surface area is 155 Å². The van der Waals surface area contributed by atoms with Crippen LogP contribution in [0.15, 0.2) is 80.7 Å². The molecule has 0 saturated carbocycles. The van der Waals surface area contributed by atoms with Gasteiger partial charge in [-0.25, -0.2) is 9.59 Å². The van der Waals surface area contributed by atoms with Gasteiger partial charge in [0, 0.05) is 6.54 Å². The van der Waals surface area contributed by atoms with Crippen molar-refractivity contribution in [3.8, 4) is 5.75 Å². The van der Waals surface area contributed by atoms with E-state index in [0.717, 1.165) is 24.0 Å². The maximum atomic E-state index is 12.0. The highest BCUT2D eigenvalue weighted by molar-refractivity contribution is 5.83. The van der Waals surface area contributed by atoms with E-state index in [-0.39, 0.29) is 0 Å². The number of unbranched alkanes of at least 4 members (excludes halogenated alkanes) is 1. The summed E-state index contributed by atoms with van der Waals surface area (Å²) in [6, 6.07) is 21.2. The van der Waals surface area contributed by atoms with Gasteiger partial charge in [-0.15, -0.1) is 0 Å². The number of aryl methyl sites for hydroxylation is 1. The van der Waals surface area contributed by atoms with E-state index >= 15 is 0 Å². The predicted molar refractivity (Wildman–Crippen MR) is 105 cm³/mol. The third-order valence-corrected chi connectivity index (χ3v) is 4.58. The van der Waals surface area contributed by atoms with Gasteiger partial charge in [-0.2, -0.15) is 0 Å². The van der Waals surface area contributed by atoms with Crippen LogP contribution in [0.3, 0.4) is 0 Å². The minimum atomic E-state index is -0.617. The number of fused-ring (bicyclic) bond motifs is 2. The van der Waals surface area contributed by atoms with Gasteiger partial charge in [-0.05, 0) is 47.9 Å². The monoisotopic (exact) mass is 361 g/mol. The molecule has 1 aromatic heterocycles. The summed E-state index contributed by atoms with van der Waals surface area (Å²) in [4.78, 5) is 23.8. The molecule has 0 saturated heterocycles. The second-order valence-corrected chi connectivity index (χ2v) is 6.39. The lowest BCUT2D eigenvalue weighted by Gasteiger charge is -2.09. The van der Waals surface area contributed by atoms with Crippen molar-refractivity contribution in [2.24, 2.45) is 0 Å². The van der Waals surface area contributed by atoms with Gasteiger partial charge < -0.3 is 9.15 Å². The molecule has 5 heteroatoms. The van der Waals surface area contributed by atoms with Gasteiger partial charge in [-0.1, -0.05) is 42.5 Å². The molecule has 4 rings (SSSR count). The van der Waals surface area contributed by atoms with Gasteiger partial charge in [0.25, 0.3) is 0 Å². The molecular weight excluding hydrogens is 342 g/mol. The van der Waals surface area contributed by atoms with E-state index in [0.29, 0.717) is 24.1 Å². The van der Waals surface area contributed by atoms with Crippen LogP contribution in [0.1, 0.15) is 12.8 Å². The molecule has 0 aliphatic rings. The highest BCUT2D eigenvalue weighted by Crippen LogP contribution is 2.20. The van der Waals surface area contributed by atoms with Gasteiger partial charge >= 0.3 is 11.4 Å². The van der Waals surface area contributed by atoms with Crippen molar-refractivity contribution in [2.75, 3.05) is 6.61 Å². The molecule has 0 amide bonds. The first-order valence-electron chi connectivity index (χ1n) is 8.97. The van der Waals surface area contributed by atoms with Crippen LogP contribution in [0, 0.1) is 0 Å². The topological polar surface area (TPSA) is 61.4 Å². The number of benzene rings is 3. The number of nitrogens with zero attached hydrogens (tertiary/aromatic N) is 1. The zero-order valence-electron chi connectivity index (χ0n) is 14.8. The summed E-state index contributed by atoms with van der Waals surface area (Å²) < 4.78 is 12.1. The van der Waals surface area contributed by atoms with Crippen LogP contribution >= 0.6 is 0 Å². The third-order valence-electron chi connectivity index (χ3n) is 4.58. The quantitative estimate of drug-likeness (QED) is 0.488. The highest BCUT2D eigenvalue weighted by Gasteiger charge is 2.08. The Morgan fingerprint density at radius 3 is 2.52 bits per heavy atom. The first-order valence-corrected chi connectivity index (χ1v) is 8.97. The molecule has 0 unspecified atom stereocenters. The van der Waals surface area contributed by atoms with Gasteiger partial charge in [0.2, 0.25) is 0 Å². The summed E-state index contributed by atoms with van der Waals surface area (Å²) in [5, 5.41) is 2.75. The SMILES string of the molecule is O=c1oc(=O)n(CCCCOc2ccc3ccccc3c2)c2ccccc12. The minimum Gasteiger partial charge on any atom is -0.494 e. The van der Waals surface area contributed by atoms with Crippen LogP contribution < -0.4 is 16.1 Å². The molecule has 4 aromatic rings. The Kier molecular flexibility index (Phi) is 4.75. The van der Waals surface area contributed by atoms with Crippen molar-refractivity contribution in [3.05, 3.63) is 87.7 Å². The molecule has 5 nitrogen and oxygen atoms in total. The lowest BCUT2D eigenvalue weighted by Crippen LogP contribution is -2.25. The molecule has 0 fully saturated rings. The van der Waals surface area contributed by atoms with E-state index in [4.69, 9.17) is 9.15 Å². The molecule has 0 bridgehead atoms. The molecular formula is C22H19NO4. The first-order chi connectivity index (χ1) is 13.2. The highest BCUT2D eigenvalue weighted by atomic mass is 16.5. The van der Waals surface area contributed by atoms with E-state index in [1.165, 1.54) is 9.95 Å². The van der Waals surface area contributed by atoms with E-state index < -0.39 is 11.4 Å². The van der Waals surface area contributed by atoms with E-state index in [1.807, 2.05) is 30.3 Å². The number of aromatic nitrogens is 1. The summed E-state index contributed by atoms with van der Waals surface area (Å²) in [7, 11) is 0. The van der Waals surface area contributed by atoms with E-state index in [9.17, 15) is 9.59 Å². The van der Waals surface area contributed by atoms with Crippen LogP contribution in [0.25, 0.3) is 21.7 Å². The number of para-hydroxylation sites is 1. The molecule has 0 atom stereocenters. The average Bonchev–Trinajstić information content (AvgIpc) is 2.70. The summed E-state index contributed by atoms with van der Waals surface area (Å²) in [5.74, 6) is 0.219. The van der Waals surface area contributed by atoms with E-state index in [1.54, 1.807) is 24.3 Å². The Hall–Kier alpha value is -3.34. The van der Waals surface area contributed by atoms with Crippen LogP contribution in [-0.2, 0) is 6.54 Å². The molecule has 3 aromatic carbocycles. The summed E-state index contributed by atoms with van der Waals surface area (Å²) in [6.07, 6.45) is 1.53. The third kappa shape index (κ3) is 3.62. The zero-order valence-corrected chi connectivity index (χ0v) is 14.8. The largest absolute Gasteiger partial charge is 0.494 e. The zero-order chi connectivity index (χ0) is 18.6. The second kappa shape index (κ2) is 7.50. The van der Waals surface area contributed by atoms with Crippen LogP contribution in [0.5, 0.6) is 5.75 Å². The summed E-state index contributed by atoms with van der Waals surface area (Å²) in [6.45, 7) is 1.03. The van der Waals surface area contributed by atoms with Gasteiger partial charge in [0.15, 0.2) is 0 Å². The molecule has 0 aliphatic carbocycles. The van der Waals surface area contributed by atoms with Gasteiger partial charge in [0.05, 0.1) is 17.5 Å². The molecule has 1 heterocycles. The van der Waals surface area contributed by atoms with Crippen molar-refractivity contribution in [2.45, 2.75) is 19.4 Å². The minimum absolute atomic E-state index is 0.421. The fraction of sp³-hybridized carbons (Fsp3) is 0.182. The molecule has 0 N–H and O–H groups in total. The fourth-order valence-corrected chi connectivity index (χ4v) is 3.20. The second-order valence-electron chi connectivity index (χ2n) is 6.39. The Morgan fingerprint density at radius 1 is 0.852 bits per heavy atom. The van der Waals surface area contributed by atoms with Crippen molar-refractivity contribution >= 4 is 21.7 Å². The summed E-state index contributed by atoms with van der Waals surface area (Å²) in [5.41, 5.74) is 0.0145. The lowest BCUT2D eigenvalue weighted by atomic mass is 10.1. The molecule has 0 spiro atoms. The normalized spacial score (nSPS) is 11.1. The molecule has 0 aliphatic heterocycles. The van der Waals surface area contributed by atoms with Crippen LogP contribution in [-0.4, -0.2) is 11.2 Å².